The second kappa shape index (κ2) is 6.54. The number of alkyl halides is 2. The lowest BCUT2D eigenvalue weighted by Crippen LogP contribution is -2.03. The number of aldehydes is 1. The molecular weight excluding hydrogens is 302 g/mol. The standard InChI is InChI=1S/C15H11ClF2O3/c1-9-6-10(8-19)14(7-11(9)16)20-12-4-2-3-5-13(12)21-15(17)18/h2-8,15H,1H3. The first-order valence-electron chi connectivity index (χ1n) is 5.98. The summed E-state index contributed by atoms with van der Waals surface area (Å²) >= 11 is 5.99. The highest BCUT2D eigenvalue weighted by Crippen LogP contribution is 2.35. The molecule has 0 amide bonds. The summed E-state index contributed by atoms with van der Waals surface area (Å²) in [6.45, 7) is -1.23. The van der Waals surface area contributed by atoms with Gasteiger partial charge in [-0.15, -0.1) is 0 Å². The first-order chi connectivity index (χ1) is 10.0. The topological polar surface area (TPSA) is 35.5 Å². The van der Waals surface area contributed by atoms with E-state index in [0.717, 1.165) is 0 Å². The van der Waals surface area contributed by atoms with Crippen LogP contribution >= 0.6 is 11.6 Å². The highest BCUT2D eigenvalue weighted by molar-refractivity contribution is 6.31. The molecule has 0 saturated carbocycles. The predicted octanol–water partition coefficient (Wildman–Crippen LogP) is 4.85. The molecule has 0 aliphatic heterocycles. The summed E-state index contributed by atoms with van der Waals surface area (Å²) in [5.74, 6) is 0.118. The maximum Gasteiger partial charge on any atom is 0.387 e. The van der Waals surface area contributed by atoms with Crippen molar-refractivity contribution in [2.45, 2.75) is 13.5 Å². The van der Waals surface area contributed by atoms with Crippen LogP contribution in [-0.2, 0) is 0 Å². The van der Waals surface area contributed by atoms with Crippen LogP contribution in [0.15, 0.2) is 36.4 Å². The van der Waals surface area contributed by atoms with Gasteiger partial charge in [-0.25, -0.2) is 0 Å². The van der Waals surface area contributed by atoms with Crippen molar-refractivity contribution in [1.82, 2.24) is 0 Å². The molecule has 0 radical (unpaired) electrons. The molecular formula is C15H11ClF2O3. The lowest BCUT2D eigenvalue weighted by molar-refractivity contribution is -0.0510. The number of hydrogen-bond acceptors (Lipinski definition) is 3. The highest BCUT2D eigenvalue weighted by Gasteiger charge is 2.13. The molecule has 0 aromatic heterocycles. The first kappa shape index (κ1) is 15.3. The van der Waals surface area contributed by atoms with Gasteiger partial charge in [-0.2, -0.15) is 8.78 Å². The van der Waals surface area contributed by atoms with Gasteiger partial charge in [0.25, 0.3) is 0 Å². The number of carbonyl (C=O) groups is 1. The second-order valence-electron chi connectivity index (χ2n) is 4.18. The quantitative estimate of drug-likeness (QED) is 0.740. The van der Waals surface area contributed by atoms with E-state index in [1.165, 1.54) is 24.3 Å². The van der Waals surface area contributed by atoms with Gasteiger partial charge in [0.1, 0.15) is 5.75 Å². The fraction of sp³-hybridized carbons (Fsp3) is 0.133. The summed E-state index contributed by atoms with van der Waals surface area (Å²) in [6, 6.07) is 8.95. The second-order valence-corrected chi connectivity index (χ2v) is 4.59. The Labute approximate surface area is 125 Å². The van der Waals surface area contributed by atoms with E-state index in [1.807, 2.05) is 0 Å². The van der Waals surface area contributed by atoms with Crippen molar-refractivity contribution in [2.24, 2.45) is 0 Å². The van der Waals surface area contributed by atoms with Gasteiger partial charge < -0.3 is 9.47 Å². The van der Waals surface area contributed by atoms with Crippen LogP contribution in [0, 0.1) is 6.92 Å². The summed E-state index contributed by atoms with van der Waals surface area (Å²) in [4.78, 5) is 11.1. The maximum absolute atomic E-state index is 12.3. The van der Waals surface area contributed by atoms with Crippen molar-refractivity contribution >= 4 is 17.9 Å². The molecule has 0 saturated heterocycles. The van der Waals surface area contributed by atoms with Crippen LogP contribution < -0.4 is 9.47 Å². The molecule has 21 heavy (non-hydrogen) atoms. The van der Waals surface area contributed by atoms with E-state index < -0.39 is 6.61 Å². The van der Waals surface area contributed by atoms with Crippen molar-refractivity contribution < 1.29 is 23.0 Å². The highest BCUT2D eigenvalue weighted by atomic mass is 35.5. The molecule has 0 aliphatic rings. The van der Waals surface area contributed by atoms with Crippen LogP contribution in [0.25, 0.3) is 0 Å². The summed E-state index contributed by atoms with van der Waals surface area (Å²) in [7, 11) is 0. The minimum absolute atomic E-state index is 0.0702. The maximum atomic E-state index is 12.3. The summed E-state index contributed by atoms with van der Waals surface area (Å²) < 4.78 is 34.6. The van der Waals surface area contributed by atoms with E-state index in [0.29, 0.717) is 16.9 Å². The zero-order chi connectivity index (χ0) is 15.4. The van der Waals surface area contributed by atoms with Gasteiger partial charge in [0, 0.05) is 11.1 Å². The smallest absolute Gasteiger partial charge is 0.387 e. The Balaban J connectivity index is 2.38. The molecule has 0 fully saturated rings. The van der Waals surface area contributed by atoms with Crippen LogP contribution in [0.4, 0.5) is 8.78 Å². The Hall–Kier alpha value is -2.14. The Morgan fingerprint density at radius 2 is 1.81 bits per heavy atom. The first-order valence-corrected chi connectivity index (χ1v) is 6.36. The molecule has 3 nitrogen and oxygen atoms in total. The summed E-state index contributed by atoms with van der Waals surface area (Å²) in [5, 5.41) is 0.405. The van der Waals surface area contributed by atoms with Gasteiger partial charge in [-0.05, 0) is 30.7 Å². The molecule has 0 bridgehead atoms. The predicted molar refractivity (Wildman–Crippen MR) is 74.7 cm³/mol. The molecule has 2 aromatic rings. The molecule has 6 heteroatoms. The Bertz CT molecular complexity index is 659. The number of carbonyl (C=O) groups excluding carboxylic acids is 1. The van der Waals surface area contributed by atoms with Gasteiger partial charge >= 0.3 is 6.61 Å². The van der Waals surface area contributed by atoms with Crippen molar-refractivity contribution in [3.8, 4) is 17.2 Å². The number of ether oxygens (including phenoxy) is 2. The molecule has 2 aromatic carbocycles. The molecule has 0 spiro atoms. The Morgan fingerprint density at radius 3 is 2.43 bits per heavy atom. The average Bonchev–Trinajstić information content (AvgIpc) is 2.44. The SMILES string of the molecule is Cc1cc(C=O)c(Oc2ccccc2OC(F)F)cc1Cl. The molecule has 2 rings (SSSR count). The number of rotatable bonds is 5. The van der Waals surface area contributed by atoms with E-state index in [2.05, 4.69) is 4.74 Å². The van der Waals surface area contributed by atoms with E-state index in [1.54, 1.807) is 19.1 Å². The fourth-order valence-corrected chi connectivity index (χ4v) is 1.87. The Morgan fingerprint density at radius 1 is 1.14 bits per heavy atom. The number of halogens is 3. The summed E-state index contributed by atoms with van der Waals surface area (Å²) in [6.07, 6.45) is 0.606. The van der Waals surface area contributed by atoms with Gasteiger partial charge in [-0.3, -0.25) is 4.79 Å². The molecule has 0 aliphatic carbocycles. The van der Waals surface area contributed by atoms with Crippen molar-refractivity contribution in [2.75, 3.05) is 0 Å². The van der Waals surface area contributed by atoms with Gasteiger partial charge in [0.05, 0.1) is 5.56 Å². The summed E-state index contributed by atoms with van der Waals surface area (Å²) in [5.41, 5.74) is 0.979. The zero-order valence-electron chi connectivity index (χ0n) is 11.0. The van der Waals surface area contributed by atoms with E-state index in [4.69, 9.17) is 16.3 Å². The molecule has 110 valence electrons. The average molecular weight is 313 g/mol. The Kier molecular flexibility index (Phi) is 4.75. The van der Waals surface area contributed by atoms with Crippen molar-refractivity contribution in [3.63, 3.8) is 0 Å². The number of benzene rings is 2. The lowest BCUT2D eigenvalue weighted by Gasteiger charge is -2.13. The third-order valence-corrected chi connectivity index (χ3v) is 3.11. The van der Waals surface area contributed by atoms with Crippen LogP contribution in [0.3, 0.4) is 0 Å². The third kappa shape index (κ3) is 3.70. The monoisotopic (exact) mass is 312 g/mol. The number of hydrogen-bond donors (Lipinski definition) is 0. The minimum Gasteiger partial charge on any atom is -0.453 e. The van der Waals surface area contributed by atoms with Crippen molar-refractivity contribution in [3.05, 3.63) is 52.5 Å². The van der Waals surface area contributed by atoms with E-state index in [-0.39, 0.29) is 22.8 Å². The van der Waals surface area contributed by atoms with Crippen LogP contribution in [0.5, 0.6) is 17.2 Å². The zero-order valence-corrected chi connectivity index (χ0v) is 11.7. The minimum atomic E-state index is -2.97. The molecule has 0 unspecified atom stereocenters. The third-order valence-electron chi connectivity index (χ3n) is 2.70. The fourth-order valence-electron chi connectivity index (χ4n) is 1.71. The lowest BCUT2D eigenvalue weighted by atomic mass is 10.1. The normalized spacial score (nSPS) is 10.5. The number of para-hydroxylation sites is 2. The van der Waals surface area contributed by atoms with Crippen molar-refractivity contribution in [1.29, 1.82) is 0 Å². The van der Waals surface area contributed by atoms with Crippen LogP contribution in [0.2, 0.25) is 5.02 Å². The molecule has 0 heterocycles. The van der Waals surface area contributed by atoms with Gasteiger partial charge in [-0.1, -0.05) is 23.7 Å². The van der Waals surface area contributed by atoms with Crippen LogP contribution in [0.1, 0.15) is 15.9 Å². The van der Waals surface area contributed by atoms with E-state index in [9.17, 15) is 13.6 Å². The van der Waals surface area contributed by atoms with E-state index >= 15 is 0 Å². The van der Waals surface area contributed by atoms with Crippen LogP contribution in [-0.4, -0.2) is 12.9 Å². The largest absolute Gasteiger partial charge is 0.453 e. The molecule has 0 N–H and O–H groups in total. The van der Waals surface area contributed by atoms with Gasteiger partial charge in [0.2, 0.25) is 0 Å². The molecule has 0 atom stereocenters. The number of aryl methyl sites for hydroxylation is 1. The van der Waals surface area contributed by atoms with Gasteiger partial charge in [0.15, 0.2) is 17.8 Å².